The Bertz CT molecular complexity index is 697. The Hall–Kier alpha value is -1.59. The van der Waals surface area contributed by atoms with E-state index in [1.807, 2.05) is 59.5 Å². The number of amides is 1. The lowest BCUT2D eigenvalue weighted by Gasteiger charge is -2.36. The van der Waals surface area contributed by atoms with Crippen LogP contribution in [0.15, 0.2) is 54.6 Å². The molecule has 0 radical (unpaired) electrons. The van der Waals surface area contributed by atoms with Gasteiger partial charge in [0.1, 0.15) is 0 Å². The first-order chi connectivity index (χ1) is 12.2. The molecule has 2 aromatic rings. The maximum atomic E-state index is 12.7. The van der Waals surface area contributed by atoms with Crippen LogP contribution in [0.4, 0.5) is 0 Å². The first-order valence-corrected chi connectivity index (χ1v) is 8.99. The molecule has 0 aromatic heterocycles. The van der Waals surface area contributed by atoms with Crippen LogP contribution in [0.2, 0.25) is 5.02 Å². The Morgan fingerprint density at radius 3 is 2.77 bits per heavy atom. The Balaban J connectivity index is 0.00000243. The average Bonchev–Trinajstić information content (AvgIpc) is 2.66. The molecular weight excluding hydrogens is 371 g/mol. The molecule has 3 rings (SSSR count). The number of carbonyl (C=O) groups excluding carboxylic acids is 1. The van der Waals surface area contributed by atoms with Crippen molar-refractivity contribution in [2.45, 2.75) is 19.1 Å². The highest BCUT2D eigenvalue weighted by molar-refractivity contribution is 6.30. The average molecular weight is 395 g/mol. The summed E-state index contributed by atoms with van der Waals surface area (Å²) in [5, 5.41) is 4.05. The Morgan fingerprint density at radius 2 is 2.00 bits per heavy atom. The van der Waals surface area contributed by atoms with Crippen molar-refractivity contribution < 1.29 is 9.53 Å². The summed E-state index contributed by atoms with van der Waals surface area (Å²) in [7, 11) is 0. The van der Waals surface area contributed by atoms with Crippen LogP contribution in [0.5, 0.6) is 0 Å². The molecule has 2 aromatic carbocycles. The summed E-state index contributed by atoms with van der Waals surface area (Å²) >= 11 is 6.11. The second-order valence-corrected chi connectivity index (χ2v) is 6.59. The molecule has 1 aliphatic heterocycles. The van der Waals surface area contributed by atoms with Gasteiger partial charge in [0.2, 0.25) is 5.91 Å². The third-order valence-electron chi connectivity index (χ3n) is 4.37. The summed E-state index contributed by atoms with van der Waals surface area (Å²) in [6.45, 7) is 3.23. The van der Waals surface area contributed by atoms with Crippen LogP contribution in [-0.4, -0.2) is 37.0 Å². The summed E-state index contributed by atoms with van der Waals surface area (Å²) in [5.74, 6) is 0.125. The van der Waals surface area contributed by atoms with E-state index in [-0.39, 0.29) is 24.4 Å². The van der Waals surface area contributed by atoms with Crippen molar-refractivity contribution in [3.8, 4) is 0 Å². The van der Waals surface area contributed by atoms with E-state index in [1.54, 1.807) is 0 Å². The van der Waals surface area contributed by atoms with Crippen molar-refractivity contribution in [1.82, 2.24) is 10.2 Å². The molecule has 0 saturated carbocycles. The molecule has 1 amide bonds. The van der Waals surface area contributed by atoms with Gasteiger partial charge in [-0.25, -0.2) is 0 Å². The van der Waals surface area contributed by atoms with Crippen LogP contribution in [-0.2, 0) is 16.1 Å². The highest BCUT2D eigenvalue weighted by Gasteiger charge is 2.27. The van der Waals surface area contributed by atoms with Crippen LogP contribution in [0, 0.1) is 0 Å². The van der Waals surface area contributed by atoms with Gasteiger partial charge < -0.3 is 15.0 Å². The Morgan fingerprint density at radius 1 is 1.19 bits per heavy atom. The second kappa shape index (κ2) is 10.5. The topological polar surface area (TPSA) is 41.6 Å². The standard InChI is InChI=1S/C20H23ClN2O2.ClH/c21-18-8-4-7-17(13-18)19-14-22-10-11-23(19)20(24)9-12-25-15-16-5-2-1-3-6-16;/h1-8,13,19,22H,9-12,14-15H2;1H. The number of ether oxygens (including phenoxy) is 1. The SMILES string of the molecule is Cl.O=C(CCOCc1ccccc1)N1CCNCC1c1cccc(Cl)c1. The van der Waals surface area contributed by atoms with Crippen molar-refractivity contribution >= 4 is 29.9 Å². The maximum Gasteiger partial charge on any atom is 0.225 e. The monoisotopic (exact) mass is 394 g/mol. The summed E-state index contributed by atoms with van der Waals surface area (Å²) in [6.07, 6.45) is 0.393. The molecule has 0 bridgehead atoms. The fourth-order valence-electron chi connectivity index (χ4n) is 3.08. The molecule has 0 spiro atoms. The van der Waals surface area contributed by atoms with Gasteiger partial charge in [0, 0.05) is 24.7 Å². The van der Waals surface area contributed by atoms with Gasteiger partial charge in [-0.15, -0.1) is 12.4 Å². The van der Waals surface area contributed by atoms with E-state index in [1.165, 1.54) is 0 Å². The molecule has 1 aliphatic rings. The van der Waals surface area contributed by atoms with E-state index in [0.717, 1.165) is 24.2 Å². The second-order valence-electron chi connectivity index (χ2n) is 6.15. The number of rotatable bonds is 6. The number of nitrogens with one attached hydrogen (secondary N) is 1. The van der Waals surface area contributed by atoms with E-state index in [9.17, 15) is 4.79 Å². The summed E-state index contributed by atoms with van der Waals surface area (Å²) in [5.41, 5.74) is 2.19. The number of benzene rings is 2. The van der Waals surface area contributed by atoms with Gasteiger partial charge in [0.25, 0.3) is 0 Å². The zero-order valence-electron chi connectivity index (χ0n) is 14.6. The van der Waals surface area contributed by atoms with Crippen LogP contribution in [0.25, 0.3) is 0 Å². The molecular formula is C20H24Cl2N2O2. The van der Waals surface area contributed by atoms with E-state index in [2.05, 4.69) is 5.32 Å². The van der Waals surface area contributed by atoms with Gasteiger partial charge >= 0.3 is 0 Å². The van der Waals surface area contributed by atoms with Gasteiger partial charge in [-0.05, 0) is 23.3 Å². The Kier molecular flexibility index (Phi) is 8.39. The molecule has 140 valence electrons. The summed E-state index contributed by atoms with van der Waals surface area (Å²) in [4.78, 5) is 14.6. The molecule has 1 saturated heterocycles. The third kappa shape index (κ3) is 5.71. The quantitative estimate of drug-likeness (QED) is 0.756. The lowest BCUT2D eigenvalue weighted by atomic mass is 10.0. The van der Waals surface area contributed by atoms with Gasteiger partial charge in [-0.3, -0.25) is 4.79 Å². The first kappa shape index (κ1) is 20.7. The number of nitrogens with zero attached hydrogens (tertiary/aromatic N) is 1. The van der Waals surface area contributed by atoms with Crippen LogP contribution < -0.4 is 5.32 Å². The van der Waals surface area contributed by atoms with Crippen LogP contribution >= 0.6 is 24.0 Å². The highest BCUT2D eigenvalue weighted by atomic mass is 35.5. The van der Waals surface area contributed by atoms with Gasteiger partial charge in [0.05, 0.1) is 25.7 Å². The molecule has 1 N–H and O–H groups in total. The van der Waals surface area contributed by atoms with Gasteiger partial charge in [0.15, 0.2) is 0 Å². The zero-order valence-corrected chi connectivity index (χ0v) is 16.1. The predicted octanol–water partition coefficient (Wildman–Crippen LogP) is 3.84. The highest BCUT2D eigenvalue weighted by Crippen LogP contribution is 2.25. The third-order valence-corrected chi connectivity index (χ3v) is 4.60. The molecule has 1 fully saturated rings. The fraction of sp³-hybridized carbons (Fsp3) is 0.350. The van der Waals surface area contributed by atoms with Crippen molar-refractivity contribution in [3.05, 3.63) is 70.7 Å². The summed E-state index contributed by atoms with van der Waals surface area (Å²) < 4.78 is 5.66. The number of hydrogen-bond donors (Lipinski definition) is 1. The van der Waals surface area contributed by atoms with E-state index < -0.39 is 0 Å². The minimum Gasteiger partial charge on any atom is -0.376 e. The predicted molar refractivity (Wildman–Crippen MR) is 107 cm³/mol. The fourth-order valence-corrected chi connectivity index (χ4v) is 3.28. The minimum atomic E-state index is 0. The zero-order chi connectivity index (χ0) is 17.5. The summed E-state index contributed by atoms with van der Waals surface area (Å²) in [6, 6.07) is 17.8. The van der Waals surface area contributed by atoms with Crippen molar-refractivity contribution in [1.29, 1.82) is 0 Å². The molecule has 4 nitrogen and oxygen atoms in total. The number of hydrogen-bond acceptors (Lipinski definition) is 3. The molecule has 6 heteroatoms. The molecule has 26 heavy (non-hydrogen) atoms. The number of piperazine rings is 1. The smallest absolute Gasteiger partial charge is 0.225 e. The maximum absolute atomic E-state index is 12.7. The molecule has 1 heterocycles. The van der Waals surface area contributed by atoms with Crippen molar-refractivity contribution in [3.63, 3.8) is 0 Å². The normalized spacial score (nSPS) is 16.8. The lowest BCUT2D eigenvalue weighted by molar-refractivity contribution is -0.135. The largest absolute Gasteiger partial charge is 0.376 e. The molecule has 1 atom stereocenters. The van der Waals surface area contributed by atoms with Crippen LogP contribution in [0.3, 0.4) is 0 Å². The van der Waals surface area contributed by atoms with E-state index in [4.69, 9.17) is 16.3 Å². The van der Waals surface area contributed by atoms with Crippen molar-refractivity contribution in [2.75, 3.05) is 26.2 Å². The number of carbonyl (C=O) groups is 1. The minimum absolute atomic E-state index is 0. The Labute approximate surface area is 165 Å². The molecule has 0 aliphatic carbocycles. The van der Waals surface area contributed by atoms with Crippen molar-refractivity contribution in [2.24, 2.45) is 0 Å². The molecule has 1 unspecified atom stereocenters. The van der Waals surface area contributed by atoms with E-state index in [0.29, 0.717) is 31.2 Å². The van der Waals surface area contributed by atoms with E-state index >= 15 is 0 Å². The number of halogens is 2. The first-order valence-electron chi connectivity index (χ1n) is 8.61. The van der Waals surface area contributed by atoms with Gasteiger partial charge in [-0.2, -0.15) is 0 Å². The lowest BCUT2D eigenvalue weighted by Crippen LogP contribution is -2.48. The van der Waals surface area contributed by atoms with Gasteiger partial charge in [-0.1, -0.05) is 54.1 Å². The van der Waals surface area contributed by atoms with Crippen LogP contribution in [0.1, 0.15) is 23.6 Å².